The number of nitrogens with zero attached hydrogens (tertiary/aromatic N) is 1. The molecule has 1 aromatic heterocycles. The summed E-state index contributed by atoms with van der Waals surface area (Å²) in [6.45, 7) is 2.88. The molecule has 0 saturated carbocycles. The number of aromatic nitrogens is 1. The molecular weight excluding hydrogens is 208 g/mol. The fraction of sp³-hybridized carbons (Fsp3) is 0.727. The van der Waals surface area contributed by atoms with Crippen LogP contribution in [0, 0.1) is 5.41 Å². The van der Waals surface area contributed by atoms with Gasteiger partial charge in [0.2, 0.25) is 0 Å². The molecule has 0 amide bonds. The first-order valence-electron chi connectivity index (χ1n) is 5.44. The van der Waals surface area contributed by atoms with Gasteiger partial charge in [0.05, 0.1) is 5.51 Å². The second-order valence-corrected chi connectivity index (χ2v) is 5.26. The van der Waals surface area contributed by atoms with Crippen LogP contribution in [0.1, 0.15) is 17.7 Å². The maximum absolute atomic E-state index is 5.45. The molecule has 0 radical (unpaired) electrons. The second kappa shape index (κ2) is 5.05. The van der Waals surface area contributed by atoms with Crippen LogP contribution in [0.2, 0.25) is 0 Å². The summed E-state index contributed by atoms with van der Waals surface area (Å²) in [5.41, 5.74) is 2.31. The van der Waals surface area contributed by atoms with Gasteiger partial charge in [0.1, 0.15) is 0 Å². The normalized spacial score (nSPS) is 20.3. The van der Waals surface area contributed by atoms with Crippen LogP contribution < -0.4 is 5.32 Å². The van der Waals surface area contributed by atoms with Gasteiger partial charge in [-0.1, -0.05) is 0 Å². The largest absolute Gasteiger partial charge is 0.381 e. The lowest BCUT2D eigenvalue weighted by molar-refractivity contribution is 0.0162. The third-order valence-corrected chi connectivity index (χ3v) is 3.92. The monoisotopic (exact) mass is 226 g/mol. The van der Waals surface area contributed by atoms with E-state index >= 15 is 0 Å². The van der Waals surface area contributed by atoms with E-state index < -0.39 is 0 Å². The Kier molecular flexibility index (Phi) is 3.72. The van der Waals surface area contributed by atoms with Gasteiger partial charge in [-0.2, -0.15) is 0 Å². The summed E-state index contributed by atoms with van der Waals surface area (Å²) in [6, 6.07) is 0. The van der Waals surface area contributed by atoms with Crippen LogP contribution in [0.15, 0.2) is 11.7 Å². The van der Waals surface area contributed by atoms with Gasteiger partial charge < -0.3 is 10.1 Å². The van der Waals surface area contributed by atoms with Crippen molar-refractivity contribution < 1.29 is 4.74 Å². The van der Waals surface area contributed by atoms with E-state index in [1.54, 1.807) is 11.3 Å². The quantitative estimate of drug-likeness (QED) is 0.848. The van der Waals surface area contributed by atoms with E-state index in [-0.39, 0.29) is 0 Å². The Labute approximate surface area is 94.9 Å². The topological polar surface area (TPSA) is 34.2 Å². The molecule has 0 atom stereocenters. The van der Waals surface area contributed by atoms with Crippen molar-refractivity contribution in [3.05, 3.63) is 16.6 Å². The molecule has 1 fully saturated rings. The fourth-order valence-electron chi connectivity index (χ4n) is 2.29. The first-order chi connectivity index (χ1) is 7.35. The maximum Gasteiger partial charge on any atom is 0.0794 e. The number of rotatable bonds is 4. The molecule has 2 rings (SSSR count). The highest BCUT2D eigenvalue weighted by Crippen LogP contribution is 2.34. The second-order valence-electron chi connectivity index (χ2n) is 4.29. The molecule has 0 bridgehead atoms. The lowest BCUT2D eigenvalue weighted by atomic mass is 9.77. The van der Waals surface area contributed by atoms with E-state index in [2.05, 4.69) is 10.3 Å². The Hall–Kier alpha value is -0.450. The Morgan fingerprint density at radius 3 is 2.93 bits per heavy atom. The van der Waals surface area contributed by atoms with E-state index in [0.29, 0.717) is 5.41 Å². The standard InChI is InChI=1S/C11H18N2OS/c1-12-8-11(2-4-14-5-3-11)6-10-7-13-9-15-10/h7,9,12H,2-6,8H2,1H3. The first kappa shape index (κ1) is 11.0. The van der Waals surface area contributed by atoms with Crippen molar-refractivity contribution >= 4 is 11.3 Å². The van der Waals surface area contributed by atoms with E-state index in [4.69, 9.17) is 4.74 Å². The first-order valence-corrected chi connectivity index (χ1v) is 6.32. The Morgan fingerprint density at radius 1 is 1.53 bits per heavy atom. The number of nitrogens with one attached hydrogen (secondary N) is 1. The molecule has 4 heteroatoms. The lowest BCUT2D eigenvalue weighted by Gasteiger charge is -2.36. The van der Waals surface area contributed by atoms with Crippen LogP contribution in [0.3, 0.4) is 0 Å². The molecule has 1 aliphatic rings. The van der Waals surface area contributed by atoms with Gasteiger partial charge in [0, 0.05) is 30.8 Å². The van der Waals surface area contributed by atoms with Crippen molar-refractivity contribution in [1.82, 2.24) is 10.3 Å². The van der Waals surface area contributed by atoms with Crippen LogP contribution in [-0.2, 0) is 11.2 Å². The molecule has 1 N–H and O–H groups in total. The fourth-order valence-corrected chi connectivity index (χ4v) is 3.06. The predicted molar refractivity (Wildman–Crippen MR) is 62.2 cm³/mol. The van der Waals surface area contributed by atoms with Crippen molar-refractivity contribution in [2.45, 2.75) is 19.3 Å². The van der Waals surface area contributed by atoms with Crippen molar-refractivity contribution in [2.24, 2.45) is 5.41 Å². The van der Waals surface area contributed by atoms with Gasteiger partial charge in [-0.25, -0.2) is 0 Å². The molecule has 84 valence electrons. The molecule has 15 heavy (non-hydrogen) atoms. The average Bonchev–Trinajstić information content (AvgIpc) is 2.72. The Balaban J connectivity index is 2.04. The smallest absolute Gasteiger partial charge is 0.0794 e. The third kappa shape index (κ3) is 2.77. The zero-order chi connectivity index (χ0) is 10.6. The van der Waals surface area contributed by atoms with Gasteiger partial charge in [0.15, 0.2) is 0 Å². The number of hydrogen-bond donors (Lipinski definition) is 1. The molecule has 1 aliphatic heterocycles. The summed E-state index contributed by atoms with van der Waals surface area (Å²) < 4.78 is 5.45. The highest BCUT2D eigenvalue weighted by molar-refractivity contribution is 7.09. The third-order valence-electron chi connectivity index (χ3n) is 3.14. The Bertz CT molecular complexity index is 275. The SMILES string of the molecule is CNCC1(Cc2cncs2)CCOCC1. The van der Waals surface area contributed by atoms with E-state index in [0.717, 1.165) is 39.0 Å². The minimum absolute atomic E-state index is 0.388. The highest BCUT2D eigenvalue weighted by Gasteiger charge is 2.32. The van der Waals surface area contributed by atoms with Gasteiger partial charge >= 0.3 is 0 Å². The van der Waals surface area contributed by atoms with Crippen LogP contribution >= 0.6 is 11.3 Å². The van der Waals surface area contributed by atoms with Crippen LogP contribution in [0.5, 0.6) is 0 Å². The van der Waals surface area contributed by atoms with Crippen LogP contribution in [-0.4, -0.2) is 31.8 Å². The van der Waals surface area contributed by atoms with Crippen LogP contribution in [0.4, 0.5) is 0 Å². The van der Waals surface area contributed by atoms with Gasteiger partial charge in [-0.15, -0.1) is 11.3 Å². The van der Waals surface area contributed by atoms with E-state index in [9.17, 15) is 0 Å². The van der Waals surface area contributed by atoms with Gasteiger partial charge in [0.25, 0.3) is 0 Å². The van der Waals surface area contributed by atoms with E-state index in [1.165, 1.54) is 4.88 Å². The summed E-state index contributed by atoms with van der Waals surface area (Å²) in [5, 5.41) is 3.32. The minimum atomic E-state index is 0.388. The van der Waals surface area contributed by atoms with Gasteiger partial charge in [-0.05, 0) is 31.7 Å². The maximum atomic E-state index is 5.45. The summed E-state index contributed by atoms with van der Waals surface area (Å²) in [6.07, 6.45) is 5.46. The lowest BCUT2D eigenvalue weighted by Crippen LogP contribution is -2.39. The molecule has 0 aliphatic carbocycles. The van der Waals surface area contributed by atoms with Crippen molar-refractivity contribution in [1.29, 1.82) is 0 Å². The molecule has 0 unspecified atom stereocenters. The molecule has 0 aromatic carbocycles. The van der Waals surface area contributed by atoms with Gasteiger partial charge in [-0.3, -0.25) is 4.98 Å². The molecule has 2 heterocycles. The molecule has 1 aromatic rings. The number of thiazole rings is 1. The molecule has 0 spiro atoms. The number of hydrogen-bond acceptors (Lipinski definition) is 4. The molecule has 3 nitrogen and oxygen atoms in total. The zero-order valence-electron chi connectivity index (χ0n) is 9.16. The summed E-state index contributed by atoms with van der Waals surface area (Å²) in [4.78, 5) is 5.54. The van der Waals surface area contributed by atoms with Crippen molar-refractivity contribution in [3.8, 4) is 0 Å². The average molecular weight is 226 g/mol. The van der Waals surface area contributed by atoms with Crippen molar-refractivity contribution in [3.63, 3.8) is 0 Å². The summed E-state index contributed by atoms with van der Waals surface area (Å²) in [7, 11) is 2.03. The van der Waals surface area contributed by atoms with E-state index in [1.807, 2.05) is 18.8 Å². The Morgan fingerprint density at radius 2 is 2.33 bits per heavy atom. The predicted octanol–water partition coefficient (Wildman–Crippen LogP) is 1.70. The number of ether oxygens (including phenoxy) is 1. The van der Waals surface area contributed by atoms with Crippen LogP contribution in [0.25, 0.3) is 0 Å². The highest BCUT2D eigenvalue weighted by atomic mass is 32.1. The summed E-state index contributed by atoms with van der Waals surface area (Å²) in [5.74, 6) is 0. The minimum Gasteiger partial charge on any atom is -0.381 e. The summed E-state index contributed by atoms with van der Waals surface area (Å²) >= 11 is 1.76. The van der Waals surface area contributed by atoms with Crippen molar-refractivity contribution in [2.75, 3.05) is 26.8 Å². The molecular formula is C11H18N2OS. The molecule has 1 saturated heterocycles. The zero-order valence-corrected chi connectivity index (χ0v) is 9.98.